The molecular weight excluding hydrogens is 380 g/mol. The Bertz CT molecular complexity index is 787. The highest BCUT2D eigenvalue weighted by atomic mass is 16.5. The lowest BCUT2D eigenvalue weighted by molar-refractivity contribution is 0.0276. The minimum absolute atomic E-state index is 0.0592. The maximum Gasteiger partial charge on any atom is 0.123 e. The zero-order valence-electron chi connectivity index (χ0n) is 20.2. The van der Waals surface area contributed by atoms with Crippen LogP contribution in [-0.4, -0.2) is 36.7 Å². The van der Waals surface area contributed by atoms with Crippen molar-refractivity contribution in [3.8, 4) is 16.9 Å². The zero-order chi connectivity index (χ0) is 22.1. The summed E-state index contributed by atoms with van der Waals surface area (Å²) in [7, 11) is 0. The molecule has 0 atom stereocenters. The van der Waals surface area contributed by atoms with E-state index in [4.69, 9.17) is 4.74 Å². The summed E-state index contributed by atoms with van der Waals surface area (Å²) in [5.74, 6) is 1.11. The largest absolute Gasteiger partial charge is 0.487 e. The summed E-state index contributed by atoms with van der Waals surface area (Å²) in [5.41, 5.74) is 5.44. The van der Waals surface area contributed by atoms with Gasteiger partial charge in [-0.1, -0.05) is 70.9 Å². The number of nitrogens with one attached hydrogen (secondary N) is 1. The molecule has 3 heteroatoms. The van der Waals surface area contributed by atoms with E-state index in [0.717, 1.165) is 64.2 Å². The van der Waals surface area contributed by atoms with Crippen molar-refractivity contribution >= 4 is 0 Å². The molecule has 0 amide bonds. The van der Waals surface area contributed by atoms with Crippen molar-refractivity contribution in [2.75, 3.05) is 26.2 Å². The number of hydrogen-bond acceptors (Lipinski definition) is 3. The molecule has 1 N–H and O–H groups in total. The third-order valence-corrected chi connectivity index (χ3v) is 6.55. The normalized spacial score (nSPS) is 17.8. The summed E-state index contributed by atoms with van der Waals surface area (Å²) >= 11 is 0. The van der Waals surface area contributed by atoms with Crippen molar-refractivity contribution in [1.82, 2.24) is 10.2 Å². The number of hydrogen-bond donors (Lipinski definition) is 1. The Labute approximate surface area is 190 Å². The number of fused-ring (bicyclic) bond motifs is 1. The van der Waals surface area contributed by atoms with E-state index in [-0.39, 0.29) is 5.60 Å². The van der Waals surface area contributed by atoms with Crippen LogP contribution in [0.5, 0.6) is 5.75 Å². The zero-order valence-corrected chi connectivity index (χ0v) is 20.2. The van der Waals surface area contributed by atoms with Crippen LogP contribution in [0.15, 0.2) is 42.5 Å². The monoisotopic (exact) mass is 422 g/mol. The van der Waals surface area contributed by atoms with Crippen LogP contribution in [0.3, 0.4) is 0 Å². The number of rotatable bonds is 7. The first-order chi connectivity index (χ1) is 15.2. The van der Waals surface area contributed by atoms with Gasteiger partial charge in [0, 0.05) is 32.7 Å². The number of piperazine rings is 1. The van der Waals surface area contributed by atoms with Crippen molar-refractivity contribution in [3.05, 3.63) is 53.6 Å². The van der Waals surface area contributed by atoms with Crippen LogP contribution in [0.1, 0.15) is 70.9 Å². The molecule has 2 aliphatic heterocycles. The SMILES string of the molecule is CC.CCCC1(CCC)CCc2cc(-c3ccc(CN4CCNCC4)cc3)ccc2O1. The fourth-order valence-electron chi connectivity index (χ4n) is 5.02. The van der Waals surface area contributed by atoms with Crippen LogP contribution in [0.4, 0.5) is 0 Å². The number of ether oxygens (including phenoxy) is 1. The predicted molar refractivity (Wildman–Crippen MR) is 133 cm³/mol. The molecule has 2 aromatic carbocycles. The van der Waals surface area contributed by atoms with Gasteiger partial charge in [0.1, 0.15) is 11.4 Å². The molecule has 0 saturated carbocycles. The van der Waals surface area contributed by atoms with Crippen molar-refractivity contribution in [1.29, 1.82) is 0 Å². The summed E-state index contributed by atoms with van der Waals surface area (Å²) in [5, 5.41) is 3.42. The highest BCUT2D eigenvalue weighted by Gasteiger charge is 2.34. The Hall–Kier alpha value is -1.84. The Morgan fingerprint density at radius 3 is 2.19 bits per heavy atom. The second kappa shape index (κ2) is 11.7. The maximum atomic E-state index is 6.58. The topological polar surface area (TPSA) is 24.5 Å². The molecule has 0 aromatic heterocycles. The fraction of sp³-hybridized carbons (Fsp3) is 0.571. The number of nitrogens with zero attached hydrogens (tertiary/aromatic N) is 1. The van der Waals surface area contributed by atoms with Crippen molar-refractivity contribution in [3.63, 3.8) is 0 Å². The summed E-state index contributed by atoms with van der Waals surface area (Å²) in [6.07, 6.45) is 6.98. The highest BCUT2D eigenvalue weighted by molar-refractivity contribution is 5.66. The van der Waals surface area contributed by atoms with E-state index in [1.807, 2.05) is 13.8 Å². The first-order valence-electron chi connectivity index (χ1n) is 12.6. The van der Waals surface area contributed by atoms with Gasteiger partial charge in [-0.3, -0.25) is 4.90 Å². The van der Waals surface area contributed by atoms with E-state index < -0.39 is 0 Å². The summed E-state index contributed by atoms with van der Waals surface area (Å²) in [6, 6.07) is 15.9. The molecule has 2 aliphatic rings. The minimum Gasteiger partial charge on any atom is -0.487 e. The quantitative estimate of drug-likeness (QED) is 0.555. The smallest absolute Gasteiger partial charge is 0.123 e. The summed E-state index contributed by atoms with van der Waals surface area (Å²) in [4.78, 5) is 2.53. The van der Waals surface area contributed by atoms with Gasteiger partial charge in [0.2, 0.25) is 0 Å². The molecular formula is C28H42N2O. The Morgan fingerprint density at radius 2 is 1.55 bits per heavy atom. The molecule has 1 fully saturated rings. The Balaban J connectivity index is 0.00000132. The molecule has 31 heavy (non-hydrogen) atoms. The average Bonchev–Trinajstić information content (AvgIpc) is 2.82. The average molecular weight is 423 g/mol. The van der Waals surface area contributed by atoms with Gasteiger partial charge in [-0.05, 0) is 60.1 Å². The van der Waals surface area contributed by atoms with Crippen LogP contribution < -0.4 is 10.1 Å². The number of aryl methyl sites for hydroxylation is 1. The first-order valence-corrected chi connectivity index (χ1v) is 12.6. The highest BCUT2D eigenvalue weighted by Crippen LogP contribution is 2.40. The Morgan fingerprint density at radius 1 is 0.903 bits per heavy atom. The van der Waals surface area contributed by atoms with Gasteiger partial charge in [0.05, 0.1) is 0 Å². The van der Waals surface area contributed by atoms with Crippen molar-refractivity contribution in [2.45, 2.75) is 78.4 Å². The van der Waals surface area contributed by atoms with Crippen LogP contribution >= 0.6 is 0 Å². The van der Waals surface area contributed by atoms with Crippen LogP contribution in [0.25, 0.3) is 11.1 Å². The van der Waals surface area contributed by atoms with Gasteiger partial charge in [0.25, 0.3) is 0 Å². The van der Waals surface area contributed by atoms with E-state index in [0.29, 0.717) is 0 Å². The summed E-state index contributed by atoms with van der Waals surface area (Å²) < 4.78 is 6.58. The third kappa shape index (κ3) is 6.11. The molecule has 0 bridgehead atoms. The number of benzene rings is 2. The van der Waals surface area contributed by atoms with Gasteiger partial charge >= 0.3 is 0 Å². The van der Waals surface area contributed by atoms with Gasteiger partial charge in [-0.15, -0.1) is 0 Å². The van der Waals surface area contributed by atoms with Crippen LogP contribution in [0.2, 0.25) is 0 Å². The van der Waals surface area contributed by atoms with E-state index in [2.05, 4.69) is 66.5 Å². The molecule has 170 valence electrons. The van der Waals surface area contributed by atoms with Crippen molar-refractivity contribution < 1.29 is 4.74 Å². The van der Waals surface area contributed by atoms with E-state index in [1.54, 1.807) is 0 Å². The molecule has 0 unspecified atom stereocenters. The predicted octanol–water partition coefficient (Wildman–Crippen LogP) is 6.45. The minimum atomic E-state index is 0.0592. The van der Waals surface area contributed by atoms with Gasteiger partial charge in [0.15, 0.2) is 0 Å². The van der Waals surface area contributed by atoms with E-state index in [1.165, 1.54) is 35.1 Å². The molecule has 4 rings (SSSR count). The fourth-order valence-corrected chi connectivity index (χ4v) is 5.02. The standard InChI is InChI=1S/C26H36N2O.C2H6/c1-3-12-26(13-4-2)14-11-24-19-23(9-10-25(24)29-26)22-7-5-21(6-8-22)20-28-17-15-27-16-18-28;1-2/h5-10,19,27H,3-4,11-18,20H2,1-2H3;1-2H3. The second-order valence-electron chi connectivity index (χ2n) is 8.83. The third-order valence-electron chi connectivity index (χ3n) is 6.55. The molecule has 0 radical (unpaired) electrons. The van der Waals surface area contributed by atoms with Crippen LogP contribution in [-0.2, 0) is 13.0 Å². The molecule has 2 heterocycles. The Kier molecular flexibility index (Phi) is 8.98. The molecule has 0 aliphatic carbocycles. The van der Waals surface area contributed by atoms with Gasteiger partial charge < -0.3 is 10.1 Å². The van der Waals surface area contributed by atoms with E-state index >= 15 is 0 Å². The molecule has 1 saturated heterocycles. The molecule has 3 nitrogen and oxygen atoms in total. The maximum absolute atomic E-state index is 6.58. The first kappa shape index (κ1) is 23.8. The lowest BCUT2D eigenvalue weighted by Gasteiger charge is -2.39. The van der Waals surface area contributed by atoms with Gasteiger partial charge in [-0.2, -0.15) is 0 Å². The van der Waals surface area contributed by atoms with Gasteiger partial charge in [-0.25, -0.2) is 0 Å². The second-order valence-corrected chi connectivity index (χ2v) is 8.83. The lowest BCUT2D eigenvalue weighted by atomic mass is 9.83. The lowest BCUT2D eigenvalue weighted by Crippen LogP contribution is -2.42. The molecule has 2 aromatic rings. The van der Waals surface area contributed by atoms with Crippen LogP contribution in [0, 0.1) is 0 Å². The van der Waals surface area contributed by atoms with Crippen molar-refractivity contribution in [2.24, 2.45) is 0 Å². The molecule has 0 spiro atoms. The summed E-state index contributed by atoms with van der Waals surface area (Å²) in [6.45, 7) is 14.1. The van der Waals surface area contributed by atoms with E-state index in [9.17, 15) is 0 Å².